The third-order valence-corrected chi connectivity index (χ3v) is 3.23. The van der Waals surface area contributed by atoms with E-state index < -0.39 is 0 Å². The zero-order valence-corrected chi connectivity index (χ0v) is 11.6. The molecule has 0 saturated carbocycles. The fourth-order valence-electron chi connectivity index (χ4n) is 2.23. The van der Waals surface area contributed by atoms with E-state index in [9.17, 15) is 4.39 Å². The largest absolute Gasteiger partial charge is 0.294 e. The van der Waals surface area contributed by atoms with Gasteiger partial charge in [-0.2, -0.15) is 5.10 Å². The van der Waals surface area contributed by atoms with Crippen LogP contribution in [0.1, 0.15) is 17.1 Å². The van der Waals surface area contributed by atoms with E-state index >= 15 is 0 Å². The Morgan fingerprint density at radius 1 is 1.33 bits per heavy atom. The summed E-state index contributed by atoms with van der Waals surface area (Å²) in [6.07, 6.45) is 1.73. The van der Waals surface area contributed by atoms with Crippen molar-refractivity contribution < 1.29 is 4.39 Å². The van der Waals surface area contributed by atoms with Crippen molar-refractivity contribution in [2.75, 3.05) is 0 Å². The molecule has 0 bridgehead atoms. The Kier molecular flexibility index (Phi) is 3.43. The molecule has 0 atom stereocenters. The lowest BCUT2D eigenvalue weighted by Crippen LogP contribution is -2.05. The molecule has 0 radical (unpaired) electrons. The highest BCUT2D eigenvalue weighted by Gasteiger charge is 2.13. The van der Waals surface area contributed by atoms with Gasteiger partial charge < -0.3 is 0 Å². The van der Waals surface area contributed by atoms with E-state index in [0.29, 0.717) is 30.1 Å². The quantitative estimate of drug-likeness (QED) is 0.691. The van der Waals surface area contributed by atoms with Crippen LogP contribution in [0.3, 0.4) is 0 Å². The molecule has 6 heteroatoms. The van der Waals surface area contributed by atoms with Crippen LogP contribution in [0.25, 0.3) is 11.0 Å². The molecule has 2 heterocycles. The number of hydrogen-bond donors (Lipinski definition) is 0. The van der Waals surface area contributed by atoms with Crippen LogP contribution in [0.5, 0.6) is 0 Å². The minimum Gasteiger partial charge on any atom is -0.294 e. The summed E-state index contributed by atoms with van der Waals surface area (Å²) in [5.74, 6) is 0.394. The lowest BCUT2D eigenvalue weighted by atomic mass is 10.2. The van der Waals surface area contributed by atoms with Gasteiger partial charge in [0.1, 0.15) is 11.6 Å². The molecule has 0 saturated heterocycles. The molecule has 2 aromatic heterocycles. The van der Waals surface area contributed by atoms with Crippen LogP contribution >= 0.6 is 0 Å². The number of hydrogen-bond acceptors (Lipinski definition) is 4. The highest BCUT2D eigenvalue weighted by Crippen LogP contribution is 2.19. The van der Waals surface area contributed by atoms with E-state index in [1.807, 2.05) is 6.92 Å². The molecular weight excluding hydrogens is 269 g/mol. The van der Waals surface area contributed by atoms with Gasteiger partial charge in [0.2, 0.25) is 0 Å². The van der Waals surface area contributed by atoms with Crippen molar-refractivity contribution in [1.82, 2.24) is 19.7 Å². The van der Waals surface area contributed by atoms with Crippen LogP contribution in [0.15, 0.2) is 35.5 Å². The first kappa shape index (κ1) is 13.4. The van der Waals surface area contributed by atoms with Gasteiger partial charge in [0, 0.05) is 11.8 Å². The minimum absolute atomic E-state index is 0.254. The number of fused-ring (bicyclic) bond motifs is 1. The second-order valence-electron chi connectivity index (χ2n) is 4.73. The molecule has 0 aliphatic heterocycles. The first-order valence-corrected chi connectivity index (χ1v) is 6.54. The smallest absolute Gasteiger partial charge is 0.162 e. The SMILES string of the molecule is C=NCc1nn(Cc2ccccc2F)c2nc(C)ncc12. The molecule has 0 unspecified atom stereocenters. The van der Waals surface area contributed by atoms with E-state index in [1.54, 1.807) is 29.1 Å². The van der Waals surface area contributed by atoms with Crippen LogP contribution in [0.4, 0.5) is 4.39 Å². The number of rotatable bonds is 4. The summed E-state index contributed by atoms with van der Waals surface area (Å²) >= 11 is 0. The van der Waals surface area contributed by atoms with Crippen LogP contribution < -0.4 is 0 Å². The maximum Gasteiger partial charge on any atom is 0.162 e. The Labute approximate surface area is 121 Å². The minimum atomic E-state index is -0.254. The van der Waals surface area contributed by atoms with Crippen molar-refractivity contribution in [3.63, 3.8) is 0 Å². The standard InChI is InChI=1S/C15H14FN5/c1-10-18-7-12-14(8-17-2)20-21(15(12)19-10)9-11-5-3-4-6-13(11)16/h3-7H,2,8-9H2,1H3. The van der Waals surface area contributed by atoms with Crippen molar-refractivity contribution >= 4 is 17.8 Å². The molecule has 1 aromatic carbocycles. The Morgan fingerprint density at radius 3 is 2.90 bits per heavy atom. The lowest BCUT2D eigenvalue weighted by Gasteiger charge is -2.04. The zero-order chi connectivity index (χ0) is 14.8. The van der Waals surface area contributed by atoms with E-state index in [1.165, 1.54) is 6.07 Å². The molecule has 5 nitrogen and oxygen atoms in total. The monoisotopic (exact) mass is 283 g/mol. The highest BCUT2D eigenvalue weighted by atomic mass is 19.1. The van der Waals surface area contributed by atoms with Gasteiger partial charge in [0.15, 0.2) is 5.65 Å². The highest BCUT2D eigenvalue weighted by molar-refractivity contribution is 5.77. The Balaban J connectivity index is 2.11. The fraction of sp³-hybridized carbons (Fsp3) is 0.200. The average Bonchev–Trinajstić information content (AvgIpc) is 2.79. The van der Waals surface area contributed by atoms with Crippen LogP contribution in [0.2, 0.25) is 0 Å². The van der Waals surface area contributed by atoms with Gasteiger partial charge in [-0.1, -0.05) is 18.2 Å². The summed E-state index contributed by atoms with van der Waals surface area (Å²) in [5.41, 5.74) is 2.00. The molecule has 0 spiro atoms. The number of aryl methyl sites for hydroxylation is 1. The topological polar surface area (TPSA) is 56.0 Å². The van der Waals surface area contributed by atoms with Gasteiger partial charge in [0.25, 0.3) is 0 Å². The molecule has 106 valence electrons. The van der Waals surface area contributed by atoms with Crippen molar-refractivity contribution in [1.29, 1.82) is 0 Å². The van der Waals surface area contributed by atoms with Crippen LogP contribution in [-0.4, -0.2) is 26.5 Å². The Hall–Kier alpha value is -2.63. The zero-order valence-electron chi connectivity index (χ0n) is 11.6. The summed E-state index contributed by atoms with van der Waals surface area (Å²) in [5, 5.41) is 5.29. The molecule has 0 fully saturated rings. The normalized spacial score (nSPS) is 11.0. The molecule has 0 N–H and O–H groups in total. The average molecular weight is 283 g/mol. The van der Waals surface area contributed by atoms with Gasteiger partial charge in [-0.3, -0.25) is 4.99 Å². The summed E-state index contributed by atoms with van der Waals surface area (Å²) in [4.78, 5) is 12.5. The summed E-state index contributed by atoms with van der Waals surface area (Å²) in [7, 11) is 0. The van der Waals surface area contributed by atoms with Gasteiger partial charge in [-0.15, -0.1) is 0 Å². The maximum atomic E-state index is 13.8. The molecule has 21 heavy (non-hydrogen) atoms. The molecule has 0 amide bonds. The predicted molar refractivity (Wildman–Crippen MR) is 78.8 cm³/mol. The summed E-state index contributed by atoms with van der Waals surface area (Å²) < 4.78 is 15.5. The lowest BCUT2D eigenvalue weighted by molar-refractivity contribution is 0.587. The van der Waals surface area contributed by atoms with Crippen LogP contribution in [0, 0.1) is 12.7 Å². The van der Waals surface area contributed by atoms with E-state index in [2.05, 4.69) is 26.8 Å². The molecule has 0 aliphatic rings. The number of aliphatic imine (C=N–C) groups is 1. The van der Waals surface area contributed by atoms with Crippen molar-refractivity contribution in [2.24, 2.45) is 4.99 Å². The number of aromatic nitrogens is 4. The third-order valence-electron chi connectivity index (χ3n) is 3.23. The number of nitrogens with zero attached hydrogens (tertiary/aromatic N) is 5. The van der Waals surface area contributed by atoms with Crippen molar-refractivity contribution in [3.05, 3.63) is 53.4 Å². The van der Waals surface area contributed by atoms with Gasteiger partial charge in [0.05, 0.1) is 24.2 Å². The van der Waals surface area contributed by atoms with E-state index in [4.69, 9.17) is 0 Å². The van der Waals surface area contributed by atoms with Crippen LogP contribution in [-0.2, 0) is 13.1 Å². The van der Waals surface area contributed by atoms with Crippen molar-refractivity contribution in [3.8, 4) is 0 Å². The predicted octanol–water partition coefficient (Wildman–Crippen LogP) is 2.52. The van der Waals surface area contributed by atoms with Gasteiger partial charge >= 0.3 is 0 Å². The van der Waals surface area contributed by atoms with Gasteiger partial charge in [-0.05, 0) is 19.7 Å². The molecule has 0 aliphatic carbocycles. The second-order valence-corrected chi connectivity index (χ2v) is 4.73. The Bertz CT molecular complexity index is 809. The third kappa shape index (κ3) is 2.52. The number of benzene rings is 1. The maximum absolute atomic E-state index is 13.8. The van der Waals surface area contributed by atoms with Crippen molar-refractivity contribution in [2.45, 2.75) is 20.0 Å². The summed E-state index contributed by atoms with van der Waals surface area (Å²) in [6.45, 7) is 6.00. The number of halogens is 1. The first-order chi connectivity index (χ1) is 10.2. The fourth-order valence-corrected chi connectivity index (χ4v) is 2.23. The molecule has 3 rings (SSSR count). The van der Waals surface area contributed by atoms with Gasteiger partial charge in [-0.25, -0.2) is 19.0 Å². The second kappa shape index (κ2) is 5.40. The summed E-state index contributed by atoms with van der Waals surface area (Å²) in [6, 6.07) is 6.64. The van der Waals surface area contributed by atoms with E-state index in [0.717, 1.165) is 11.1 Å². The van der Waals surface area contributed by atoms with E-state index in [-0.39, 0.29) is 5.82 Å². The Morgan fingerprint density at radius 2 is 2.14 bits per heavy atom. The molecular formula is C15H14FN5. The molecule has 3 aromatic rings. The first-order valence-electron chi connectivity index (χ1n) is 6.54.